The first-order chi connectivity index (χ1) is 10.6. The van der Waals surface area contributed by atoms with E-state index in [0.29, 0.717) is 28.9 Å². The number of rotatable bonds is 6. The van der Waals surface area contributed by atoms with Crippen molar-refractivity contribution in [1.82, 2.24) is 4.90 Å². The maximum atomic E-state index is 12.3. The summed E-state index contributed by atoms with van der Waals surface area (Å²) in [5.41, 5.74) is 1.09. The van der Waals surface area contributed by atoms with Gasteiger partial charge in [-0.2, -0.15) is 0 Å². The van der Waals surface area contributed by atoms with E-state index in [1.807, 2.05) is 37.3 Å². The van der Waals surface area contributed by atoms with Crippen LogP contribution in [0.4, 0.5) is 0 Å². The van der Waals surface area contributed by atoms with Gasteiger partial charge in [0.2, 0.25) is 0 Å². The standard InChI is InChI=1S/C17H17Cl2NO2/c1-2-20(11-13-6-4-3-5-7-13)17(21)12-22-16-9-8-14(18)10-15(16)19/h3-10H,2,11-12H2,1H3. The van der Waals surface area contributed by atoms with E-state index in [2.05, 4.69) is 0 Å². The molecule has 22 heavy (non-hydrogen) atoms. The van der Waals surface area contributed by atoms with E-state index in [-0.39, 0.29) is 12.5 Å². The molecule has 0 saturated heterocycles. The number of carbonyl (C=O) groups excluding carboxylic acids is 1. The molecule has 0 aliphatic rings. The number of likely N-dealkylation sites (N-methyl/N-ethyl adjacent to an activating group) is 1. The minimum Gasteiger partial charge on any atom is -0.482 e. The topological polar surface area (TPSA) is 29.5 Å². The van der Waals surface area contributed by atoms with Gasteiger partial charge < -0.3 is 9.64 Å². The second kappa shape index (κ2) is 8.06. The van der Waals surface area contributed by atoms with Crippen molar-refractivity contribution in [3.05, 3.63) is 64.1 Å². The number of nitrogens with zero attached hydrogens (tertiary/aromatic N) is 1. The van der Waals surface area contributed by atoms with E-state index in [1.54, 1.807) is 23.1 Å². The summed E-state index contributed by atoms with van der Waals surface area (Å²) >= 11 is 11.8. The van der Waals surface area contributed by atoms with E-state index in [9.17, 15) is 4.79 Å². The molecular weight excluding hydrogens is 321 g/mol. The van der Waals surface area contributed by atoms with Gasteiger partial charge in [-0.05, 0) is 30.7 Å². The molecule has 5 heteroatoms. The number of halogens is 2. The molecule has 0 saturated carbocycles. The smallest absolute Gasteiger partial charge is 0.260 e. The minimum atomic E-state index is -0.0858. The van der Waals surface area contributed by atoms with Crippen molar-refractivity contribution < 1.29 is 9.53 Å². The molecule has 0 spiro atoms. The van der Waals surface area contributed by atoms with Crippen molar-refractivity contribution in [3.8, 4) is 5.75 Å². The predicted molar refractivity (Wildman–Crippen MR) is 89.5 cm³/mol. The lowest BCUT2D eigenvalue weighted by Crippen LogP contribution is -2.34. The largest absolute Gasteiger partial charge is 0.482 e. The lowest BCUT2D eigenvalue weighted by molar-refractivity contribution is -0.133. The molecule has 3 nitrogen and oxygen atoms in total. The molecule has 0 aromatic heterocycles. The molecule has 0 radical (unpaired) electrons. The molecule has 0 atom stereocenters. The van der Waals surface area contributed by atoms with Crippen LogP contribution in [-0.4, -0.2) is 24.0 Å². The zero-order chi connectivity index (χ0) is 15.9. The van der Waals surface area contributed by atoms with Crippen LogP contribution in [-0.2, 0) is 11.3 Å². The third kappa shape index (κ3) is 4.65. The average molecular weight is 338 g/mol. The van der Waals surface area contributed by atoms with Gasteiger partial charge in [-0.3, -0.25) is 4.79 Å². The minimum absolute atomic E-state index is 0.0535. The number of benzene rings is 2. The highest BCUT2D eigenvalue weighted by Gasteiger charge is 2.13. The van der Waals surface area contributed by atoms with E-state index >= 15 is 0 Å². The fourth-order valence-corrected chi connectivity index (χ4v) is 2.47. The summed E-state index contributed by atoms with van der Waals surface area (Å²) in [5.74, 6) is 0.368. The normalized spacial score (nSPS) is 10.3. The van der Waals surface area contributed by atoms with Crippen LogP contribution < -0.4 is 4.74 Å². The maximum absolute atomic E-state index is 12.3. The molecule has 0 unspecified atom stereocenters. The number of hydrogen-bond donors (Lipinski definition) is 0. The van der Waals surface area contributed by atoms with Gasteiger partial charge in [-0.25, -0.2) is 0 Å². The van der Waals surface area contributed by atoms with Crippen LogP contribution in [0, 0.1) is 0 Å². The highest BCUT2D eigenvalue weighted by Crippen LogP contribution is 2.27. The maximum Gasteiger partial charge on any atom is 0.260 e. The van der Waals surface area contributed by atoms with Gasteiger partial charge >= 0.3 is 0 Å². The number of carbonyl (C=O) groups is 1. The van der Waals surface area contributed by atoms with Crippen LogP contribution in [0.25, 0.3) is 0 Å². The van der Waals surface area contributed by atoms with Crippen LogP contribution in [0.3, 0.4) is 0 Å². The van der Waals surface area contributed by atoms with E-state index < -0.39 is 0 Å². The monoisotopic (exact) mass is 337 g/mol. The Bertz CT molecular complexity index is 632. The van der Waals surface area contributed by atoms with Crippen molar-refractivity contribution in [3.63, 3.8) is 0 Å². The Labute approximate surface area is 140 Å². The van der Waals surface area contributed by atoms with Crippen molar-refractivity contribution in [1.29, 1.82) is 0 Å². The summed E-state index contributed by atoms with van der Waals surface area (Å²) in [5, 5.41) is 0.925. The Morgan fingerprint density at radius 3 is 2.50 bits per heavy atom. The zero-order valence-electron chi connectivity index (χ0n) is 12.3. The van der Waals surface area contributed by atoms with Gasteiger partial charge in [0, 0.05) is 18.1 Å². The first-order valence-electron chi connectivity index (χ1n) is 6.99. The predicted octanol–water partition coefficient (Wildman–Crippen LogP) is 4.42. The number of hydrogen-bond acceptors (Lipinski definition) is 2. The molecule has 0 aliphatic heterocycles. The Hall–Kier alpha value is -1.71. The molecule has 2 aromatic carbocycles. The van der Waals surface area contributed by atoms with Crippen LogP contribution in [0.2, 0.25) is 10.0 Å². The lowest BCUT2D eigenvalue weighted by Gasteiger charge is -2.21. The Kier molecular flexibility index (Phi) is 6.10. The Morgan fingerprint density at radius 2 is 1.86 bits per heavy atom. The molecule has 0 N–H and O–H groups in total. The fourth-order valence-electron chi connectivity index (χ4n) is 2.00. The lowest BCUT2D eigenvalue weighted by atomic mass is 10.2. The summed E-state index contributed by atoms with van der Waals surface area (Å²) in [6, 6.07) is 14.8. The van der Waals surface area contributed by atoms with Gasteiger partial charge in [0.15, 0.2) is 6.61 Å². The summed E-state index contributed by atoms with van der Waals surface area (Å²) in [6.45, 7) is 3.07. The second-order valence-electron chi connectivity index (χ2n) is 4.76. The van der Waals surface area contributed by atoms with Gasteiger partial charge in [0.05, 0.1) is 5.02 Å². The molecule has 0 bridgehead atoms. The SMILES string of the molecule is CCN(Cc1ccccc1)C(=O)COc1ccc(Cl)cc1Cl. The van der Waals surface area contributed by atoms with Crippen molar-refractivity contribution in [2.75, 3.05) is 13.2 Å². The van der Waals surface area contributed by atoms with Crippen LogP contribution >= 0.6 is 23.2 Å². The van der Waals surface area contributed by atoms with Crippen molar-refractivity contribution in [2.45, 2.75) is 13.5 Å². The molecule has 0 aliphatic carbocycles. The third-order valence-corrected chi connectivity index (χ3v) is 3.73. The fraction of sp³-hybridized carbons (Fsp3) is 0.235. The highest BCUT2D eigenvalue weighted by molar-refractivity contribution is 6.35. The van der Waals surface area contributed by atoms with E-state index in [4.69, 9.17) is 27.9 Å². The van der Waals surface area contributed by atoms with Gasteiger partial charge in [-0.1, -0.05) is 53.5 Å². The molecule has 116 valence electrons. The first-order valence-corrected chi connectivity index (χ1v) is 7.75. The van der Waals surface area contributed by atoms with Crippen LogP contribution in [0.5, 0.6) is 5.75 Å². The quantitative estimate of drug-likeness (QED) is 0.780. The van der Waals surface area contributed by atoms with Gasteiger partial charge in [0.25, 0.3) is 5.91 Å². The number of amides is 1. The average Bonchev–Trinajstić information content (AvgIpc) is 2.52. The third-order valence-electron chi connectivity index (χ3n) is 3.20. The van der Waals surface area contributed by atoms with Crippen LogP contribution in [0.1, 0.15) is 12.5 Å². The molecular formula is C17H17Cl2NO2. The zero-order valence-corrected chi connectivity index (χ0v) is 13.8. The first kappa shape index (κ1) is 16.7. The van der Waals surface area contributed by atoms with Crippen LogP contribution in [0.15, 0.2) is 48.5 Å². The summed E-state index contributed by atoms with van der Waals surface area (Å²) in [4.78, 5) is 14.0. The molecule has 0 fully saturated rings. The Morgan fingerprint density at radius 1 is 1.14 bits per heavy atom. The highest BCUT2D eigenvalue weighted by atomic mass is 35.5. The molecule has 2 rings (SSSR count). The van der Waals surface area contributed by atoms with Gasteiger partial charge in [-0.15, -0.1) is 0 Å². The Balaban J connectivity index is 1.94. The summed E-state index contributed by atoms with van der Waals surface area (Å²) in [6.07, 6.45) is 0. The van der Waals surface area contributed by atoms with Crippen molar-refractivity contribution >= 4 is 29.1 Å². The molecule has 1 amide bonds. The van der Waals surface area contributed by atoms with Crippen molar-refractivity contribution in [2.24, 2.45) is 0 Å². The summed E-state index contributed by atoms with van der Waals surface area (Å²) in [7, 11) is 0. The molecule has 0 heterocycles. The molecule has 2 aromatic rings. The van der Waals surface area contributed by atoms with E-state index in [0.717, 1.165) is 5.56 Å². The van der Waals surface area contributed by atoms with E-state index in [1.165, 1.54) is 0 Å². The summed E-state index contributed by atoms with van der Waals surface area (Å²) < 4.78 is 5.49. The number of ether oxygens (including phenoxy) is 1. The second-order valence-corrected chi connectivity index (χ2v) is 5.60. The van der Waals surface area contributed by atoms with Gasteiger partial charge in [0.1, 0.15) is 5.75 Å².